The van der Waals surface area contributed by atoms with E-state index >= 15 is 0 Å². The van der Waals surface area contributed by atoms with Gasteiger partial charge in [-0.1, -0.05) is 20.4 Å². The third-order valence-corrected chi connectivity index (χ3v) is 6.58. The van der Waals surface area contributed by atoms with Crippen molar-refractivity contribution in [1.29, 1.82) is 5.41 Å². The van der Waals surface area contributed by atoms with Gasteiger partial charge < -0.3 is 20.6 Å². The fourth-order valence-corrected chi connectivity index (χ4v) is 4.09. The van der Waals surface area contributed by atoms with E-state index in [0.29, 0.717) is 23.5 Å². The van der Waals surface area contributed by atoms with Gasteiger partial charge in [-0.3, -0.25) is 9.20 Å². The van der Waals surface area contributed by atoms with Gasteiger partial charge >= 0.3 is 0 Å². The number of nitrogens with one attached hydrogen (secondary N) is 1. The molecule has 36 heavy (non-hydrogen) atoms. The maximum Gasteiger partial charge on any atom is 0.264 e. The van der Waals surface area contributed by atoms with E-state index in [9.17, 15) is 9.18 Å². The van der Waals surface area contributed by atoms with Crippen LogP contribution in [0.1, 0.15) is 49.0 Å². The first kappa shape index (κ1) is 25.4. The number of halogens is 1. The lowest BCUT2D eigenvalue weighted by Crippen LogP contribution is -2.28. The van der Waals surface area contributed by atoms with E-state index in [0.717, 1.165) is 30.1 Å². The summed E-state index contributed by atoms with van der Waals surface area (Å²) < 4.78 is 27.4. The number of benzene rings is 1. The molecule has 7 nitrogen and oxygen atoms in total. The fraction of sp³-hybridized carbons (Fsp3) is 0.357. The standard InChI is InChI=1S/C28H31FN4O3/c1-5-6-25(29)36-24-12-18(11-23(35-4)27(24)22(34)14-20(31)17-7-8-17)21-15-32-26-13-19(9-10-33(21)26)28(2,3)16-30/h6,9-13,15,17,25,31H,1,7-8,14,16,30H2,2-4H3. The average molecular weight is 491 g/mol. The summed E-state index contributed by atoms with van der Waals surface area (Å²) in [5.74, 6) is 0.0508. The highest BCUT2D eigenvalue weighted by Crippen LogP contribution is 2.39. The number of methoxy groups -OCH3 is 1. The molecule has 1 aliphatic carbocycles. The lowest BCUT2D eigenvalue weighted by Gasteiger charge is -2.23. The van der Waals surface area contributed by atoms with E-state index in [1.165, 1.54) is 7.11 Å². The monoisotopic (exact) mass is 490 g/mol. The molecule has 1 atom stereocenters. The predicted molar refractivity (Wildman–Crippen MR) is 138 cm³/mol. The Hall–Kier alpha value is -3.74. The summed E-state index contributed by atoms with van der Waals surface area (Å²) in [4.78, 5) is 17.8. The molecule has 1 fully saturated rings. The quantitative estimate of drug-likeness (QED) is 0.217. The Kier molecular flexibility index (Phi) is 7.11. The van der Waals surface area contributed by atoms with Crippen LogP contribution in [0.25, 0.3) is 16.9 Å². The molecule has 1 aromatic carbocycles. The summed E-state index contributed by atoms with van der Waals surface area (Å²) in [6.45, 7) is 8.01. The molecule has 1 aliphatic rings. The number of carbonyl (C=O) groups excluding carboxylic acids is 1. The number of ketones is 1. The van der Waals surface area contributed by atoms with E-state index in [1.807, 2.05) is 22.7 Å². The van der Waals surface area contributed by atoms with Gasteiger partial charge in [0.15, 0.2) is 5.78 Å². The van der Waals surface area contributed by atoms with Gasteiger partial charge in [-0.25, -0.2) is 4.98 Å². The molecular weight excluding hydrogens is 459 g/mol. The topological polar surface area (TPSA) is 103 Å². The lowest BCUT2D eigenvalue weighted by atomic mass is 9.85. The van der Waals surface area contributed by atoms with Crippen LogP contribution < -0.4 is 15.2 Å². The van der Waals surface area contributed by atoms with Crippen molar-refractivity contribution in [2.24, 2.45) is 11.7 Å². The molecule has 0 amide bonds. The second-order valence-corrected chi connectivity index (χ2v) is 9.67. The highest BCUT2D eigenvalue weighted by atomic mass is 19.1. The molecule has 0 radical (unpaired) electrons. The summed E-state index contributed by atoms with van der Waals surface area (Å²) in [7, 11) is 1.44. The lowest BCUT2D eigenvalue weighted by molar-refractivity contribution is 0.0959. The molecular formula is C28H31FN4O3. The van der Waals surface area contributed by atoms with E-state index in [4.69, 9.17) is 20.6 Å². The van der Waals surface area contributed by atoms with Gasteiger partial charge in [0.05, 0.1) is 19.0 Å². The largest absolute Gasteiger partial charge is 0.496 e. The molecule has 0 aliphatic heterocycles. The van der Waals surface area contributed by atoms with Crippen LogP contribution in [0.4, 0.5) is 4.39 Å². The van der Waals surface area contributed by atoms with Crippen LogP contribution in [-0.4, -0.2) is 40.9 Å². The number of alkyl halides is 1. The van der Waals surface area contributed by atoms with Gasteiger partial charge in [0.2, 0.25) is 0 Å². The number of carbonyl (C=O) groups is 1. The Morgan fingerprint density at radius 2 is 2.11 bits per heavy atom. The van der Waals surface area contributed by atoms with Crippen molar-refractivity contribution in [2.75, 3.05) is 13.7 Å². The molecule has 4 rings (SSSR count). The number of ether oxygens (including phenoxy) is 2. The summed E-state index contributed by atoms with van der Waals surface area (Å²) in [6, 6.07) is 7.28. The van der Waals surface area contributed by atoms with Crippen molar-refractivity contribution in [3.63, 3.8) is 0 Å². The van der Waals surface area contributed by atoms with Gasteiger partial charge in [0, 0.05) is 41.9 Å². The zero-order valence-corrected chi connectivity index (χ0v) is 20.8. The first-order chi connectivity index (χ1) is 17.2. The number of aromatic nitrogens is 2. The van der Waals surface area contributed by atoms with Crippen LogP contribution in [0.5, 0.6) is 11.5 Å². The van der Waals surface area contributed by atoms with Crippen molar-refractivity contribution in [1.82, 2.24) is 9.38 Å². The average Bonchev–Trinajstić information content (AvgIpc) is 3.62. The number of Topliss-reactive ketones (excluding diaryl/α,β-unsaturated/α-hetero) is 1. The number of hydrogen-bond acceptors (Lipinski definition) is 6. The van der Waals surface area contributed by atoms with Gasteiger partial charge in [-0.05, 0) is 48.6 Å². The number of nitrogens with zero attached hydrogens (tertiary/aromatic N) is 2. The number of fused-ring (bicyclic) bond motifs is 1. The molecule has 3 N–H and O–H groups in total. The third kappa shape index (κ3) is 5.10. The van der Waals surface area contributed by atoms with Crippen LogP contribution in [0, 0.1) is 11.3 Å². The Morgan fingerprint density at radius 1 is 1.39 bits per heavy atom. The number of nitrogens with two attached hydrogens (primary N) is 1. The number of hydrogen-bond donors (Lipinski definition) is 2. The van der Waals surface area contributed by atoms with E-state index in [2.05, 4.69) is 31.1 Å². The van der Waals surface area contributed by atoms with Crippen molar-refractivity contribution >= 4 is 17.1 Å². The smallest absolute Gasteiger partial charge is 0.264 e. The molecule has 1 unspecified atom stereocenters. The Balaban J connectivity index is 1.81. The number of pyridine rings is 1. The summed E-state index contributed by atoms with van der Waals surface area (Å²) in [5.41, 5.74) is 11.7. The minimum atomic E-state index is -1.86. The van der Waals surface area contributed by atoms with Gasteiger partial charge in [0.1, 0.15) is 22.7 Å². The molecule has 3 aromatic rings. The SMILES string of the molecule is C=C=CC(F)Oc1cc(-c2cnc3cc(C(C)(C)CN)ccn23)cc(OC)c1C(=O)CC(=N)C1CC1. The van der Waals surface area contributed by atoms with Crippen molar-refractivity contribution in [3.8, 4) is 22.8 Å². The zero-order valence-electron chi connectivity index (χ0n) is 20.8. The molecule has 2 aromatic heterocycles. The molecule has 1 saturated carbocycles. The predicted octanol–water partition coefficient (Wildman–Crippen LogP) is 5.26. The third-order valence-electron chi connectivity index (χ3n) is 6.58. The normalized spacial score (nSPS) is 14.2. The van der Waals surface area contributed by atoms with E-state index in [-0.39, 0.29) is 40.6 Å². The van der Waals surface area contributed by atoms with Gasteiger partial charge in [-0.2, -0.15) is 4.39 Å². The number of imidazole rings is 1. The molecule has 0 saturated heterocycles. The maximum absolute atomic E-state index is 14.5. The second kappa shape index (κ2) is 10.1. The summed E-state index contributed by atoms with van der Waals surface area (Å²) in [6.07, 6.45) is 4.54. The van der Waals surface area contributed by atoms with Crippen molar-refractivity contribution in [3.05, 3.63) is 66.2 Å². The Bertz CT molecular complexity index is 1370. The summed E-state index contributed by atoms with van der Waals surface area (Å²) in [5, 5.41) is 8.19. The van der Waals surface area contributed by atoms with Gasteiger partial charge in [0.25, 0.3) is 6.36 Å². The van der Waals surface area contributed by atoms with Crippen LogP contribution in [0.3, 0.4) is 0 Å². The minimum absolute atomic E-state index is 0.0211. The van der Waals surface area contributed by atoms with Crippen molar-refractivity contribution in [2.45, 2.75) is 44.9 Å². The highest BCUT2D eigenvalue weighted by Gasteiger charge is 2.30. The van der Waals surface area contributed by atoms with Crippen LogP contribution in [0.2, 0.25) is 0 Å². The molecule has 0 bridgehead atoms. The van der Waals surface area contributed by atoms with Crippen LogP contribution >= 0.6 is 0 Å². The maximum atomic E-state index is 14.5. The second-order valence-electron chi connectivity index (χ2n) is 9.67. The highest BCUT2D eigenvalue weighted by molar-refractivity contribution is 6.12. The Labute approximate surface area is 209 Å². The molecule has 0 spiro atoms. The van der Waals surface area contributed by atoms with Gasteiger partial charge in [-0.15, -0.1) is 5.73 Å². The zero-order chi connectivity index (χ0) is 26.0. The molecule has 188 valence electrons. The van der Waals surface area contributed by atoms with Crippen LogP contribution in [-0.2, 0) is 5.41 Å². The molecule has 2 heterocycles. The Morgan fingerprint density at radius 3 is 2.75 bits per heavy atom. The first-order valence-corrected chi connectivity index (χ1v) is 11.9. The fourth-order valence-electron chi connectivity index (χ4n) is 4.09. The number of rotatable bonds is 11. The van der Waals surface area contributed by atoms with Crippen molar-refractivity contribution < 1.29 is 18.7 Å². The molecule has 8 heteroatoms. The minimum Gasteiger partial charge on any atom is -0.496 e. The van der Waals surface area contributed by atoms with E-state index < -0.39 is 6.36 Å². The van der Waals surface area contributed by atoms with E-state index in [1.54, 1.807) is 18.3 Å². The van der Waals surface area contributed by atoms with Crippen LogP contribution in [0.15, 0.2) is 55.0 Å². The summed E-state index contributed by atoms with van der Waals surface area (Å²) >= 11 is 0. The first-order valence-electron chi connectivity index (χ1n) is 11.9.